The van der Waals surface area contributed by atoms with Crippen molar-refractivity contribution in [2.75, 3.05) is 21.3 Å². The van der Waals surface area contributed by atoms with Crippen molar-refractivity contribution in [3.63, 3.8) is 0 Å². The Morgan fingerprint density at radius 3 is 2.21 bits per heavy atom. The third-order valence-electron chi connectivity index (χ3n) is 5.04. The highest BCUT2D eigenvalue weighted by Crippen LogP contribution is 2.25. The van der Waals surface area contributed by atoms with E-state index >= 15 is 0 Å². The summed E-state index contributed by atoms with van der Waals surface area (Å²) in [5, 5.41) is 15.3. The van der Waals surface area contributed by atoms with E-state index in [4.69, 9.17) is 4.98 Å². The highest BCUT2D eigenvalue weighted by Gasteiger charge is 2.09. The van der Waals surface area contributed by atoms with E-state index in [1.165, 1.54) is 4.88 Å². The number of anilines is 5. The van der Waals surface area contributed by atoms with Crippen LogP contribution in [0, 0.1) is 0 Å². The zero-order chi connectivity index (χ0) is 23.2. The van der Waals surface area contributed by atoms with Crippen molar-refractivity contribution in [3.8, 4) is 0 Å². The fourth-order valence-corrected chi connectivity index (χ4v) is 4.08. The Morgan fingerprint density at radius 2 is 1.44 bits per heavy atom. The molecule has 5 aromatic rings. The van der Waals surface area contributed by atoms with E-state index in [-0.39, 0.29) is 6.03 Å². The molecule has 0 aliphatic rings. The largest absolute Gasteiger partial charge is 0.364 e. The Morgan fingerprint density at radius 1 is 0.735 bits per heavy atom. The molecule has 8 heteroatoms. The van der Waals surface area contributed by atoms with E-state index in [9.17, 15) is 4.79 Å². The molecule has 7 nitrogen and oxygen atoms in total. The minimum absolute atomic E-state index is 0.300. The summed E-state index contributed by atoms with van der Waals surface area (Å²) in [5.74, 6) is 1.27. The van der Waals surface area contributed by atoms with Gasteiger partial charge in [0.15, 0.2) is 0 Å². The number of carbonyl (C=O) groups is 1. The fraction of sp³-hybridized carbons (Fsp3) is 0.0385. The zero-order valence-corrected chi connectivity index (χ0v) is 19.0. The Balaban J connectivity index is 1.28. The first-order valence-electron chi connectivity index (χ1n) is 10.8. The molecule has 3 aromatic carbocycles. The van der Waals surface area contributed by atoms with Gasteiger partial charge in [0.2, 0.25) is 5.95 Å². The van der Waals surface area contributed by atoms with Crippen LogP contribution < -0.4 is 21.3 Å². The number of benzene rings is 3. The van der Waals surface area contributed by atoms with E-state index in [0.717, 1.165) is 28.1 Å². The van der Waals surface area contributed by atoms with Gasteiger partial charge < -0.3 is 21.3 Å². The second-order valence-electron chi connectivity index (χ2n) is 7.49. The van der Waals surface area contributed by atoms with Crippen molar-refractivity contribution in [1.29, 1.82) is 0 Å². The smallest absolute Gasteiger partial charge is 0.323 e. The van der Waals surface area contributed by atoms with Gasteiger partial charge in [-0.05, 0) is 60.0 Å². The van der Waals surface area contributed by atoms with E-state index in [1.54, 1.807) is 11.3 Å². The predicted molar refractivity (Wildman–Crippen MR) is 140 cm³/mol. The van der Waals surface area contributed by atoms with Crippen LogP contribution in [0.1, 0.15) is 4.88 Å². The number of carbonyl (C=O) groups excluding carboxylic acids is 1. The van der Waals surface area contributed by atoms with E-state index < -0.39 is 0 Å². The lowest BCUT2D eigenvalue weighted by Crippen LogP contribution is -2.19. The molecule has 0 fully saturated rings. The van der Waals surface area contributed by atoms with Crippen molar-refractivity contribution in [2.45, 2.75) is 6.54 Å². The number of hydrogen-bond acceptors (Lipinski definition) is 6. The first-order chi connectivity index (χ1) is 16.7. The van der Waals surface area contributed by atoms with Gasteiger partial charge in [-0.2, -0.15) is 4.98 Å². The lowest BCUT2D eigenvalue weighted by atomic mass is 10.2. The molecule has 5 rings (SSSR count). The van der Waals surface area contributed by atoms with Crippen LogP contribution in [0.2, 0.25) is 0 Å². The molecule has 0 bridgehead atoms. The normalized spacial score (nSPS) is 10.6. The second-order valence-corrected chi connectivity index (χ2v) is 8.53. The maximum absolute atomic E-state index is 12.2. The molecule has 0 radical (unpaired) electrons. The predicted octanol–water partition coefficient (Wildman–Crippen LogP) is 6.69. The average molecular weight is 467 g/mol. The van der Waals surface area contributed by atoms with Gasteiger partial charge in [-0.25, -0.2) is 9.78 Å². The number of hydrogen-bond donors (Lipinski definition) is 4. The van der Waals surface area contributed by atoms with E-state index in [1.807, 2.05) is 84.9 Å². The van der Waals surface area contributed by atoms with Crippen LogP contribution in [0.25, 0.3) is 10.9 Å². The monoisotopic (exact) mass is 466 g/mol. The molecule has 34 heavy (non-hydrogen) atoms. The summed E-state index contributed by atoms with van der Waals surface area (Å²) in [4.78, 5) is 22.8. The highest BCUT2D eigenvalue weighted by molar-refractivity contribution is 7.09. The number of aromatic nitrogens is 2. The molecule has 0 aliphatic carbocycles. The average Bonchev–Trinajstić information content (AvgIpc) is 3.38. The molecule has 168 valence electrons. The Labute approximate surface area is 200 Å². The lowest BCUT2D eigenvalue weighted by molar-refractivity contribution is 0.262. The molecule has 2 heterocycles. The van der Waals surface area contributed by atoms with Crippen LogP contribution >= 0.6 is 11.3 Å². The number of rotatable bonds is 7. The third-order valence-corrected chi connectivity index (χ3v) is 5.92. The van der Waals surface area contributed by atoms with Gasteiger partial charge in [-0.1, -0.05) is 36.4 Å². The Hall–Kier alpha value is -4.43. The topological polar surface area (TPSA) is 91.0 Å². The molecule has 2 aromatic heterocycles. The molecule has 0 aliphatic heterocycles. The first-order valence-corrected chi connectivity index (χ1v) is 11.6. The van der Waals surface area contributed by atoms with Crippen LogP contribution in [0.3, 0.4) is 0 Å². The summed E-state index contributed by atoms with van der Waals surface area (Å²) in [6, 6.07) is 28.4. The summed E-state index contributed by atoms with van der Waals surface area (Å²) < 4.78 is 0. The number of thiophene rings is 1. The maximum Gasteiger partial charge on any atom is 0.323 e. The van der Waals surface area contributed by atoms with Gasteiger partial charge in [-0.3, -0.25) is 0 Å². The molecule has 0 spiro atoms. The third kappa shape index (κ3) is 5.31. The van der Waals surface area contributed by atoms with Crippen molar-refractivity contribution in [3.05, 3.63) is 101 Å². The summed E-state index contributed by atoms with van der Waals surface area (Å²) in [5.41, 5.74) is 3.07. The SMILES string of the molecule is O=C(Nc1ccccc1)Nc1ccc(Nc2nc(NCc3cccs3)c3ccccc3n2)cc1. The molecule has 0 saturated heterocycles. The first kappa shape index (κ1) is 21.4. The molecular formula is C26H22N6OS. The van der Waals surface area contributed by atoms with E-state index in [0.29, 0.717) is 18.2 Å². The van der Waals surface area contributed by atoms with Crippen LogP contribution in [0.15, 0.2) is 96.4 Å². The van der Waals surface area contributed by atoms with Crippen LogP contribution in [-0.4, -0.2) is 16.0 Å². The highest BCUT2D eigenvalue weighted by atomic mass is 32.1. The minimum atomic E-state index is -0.300. The van der Waals surface area contributed by atoms with Gasteiger partial charge in [-0.15, -0.1) is 11.3 Å². The number of fused-ring (bicyclic) bond motifs is 1. The zero-order valence-electron chi connectivity index (χ0n) is 18.2. The van der Waals surface area contributed by atoms with Crippen LogP contribution in [-0.2, 0) is 6.54 Å². The van der Waals surface area contributed by atoms with Crippen molar-refractivity contribution < 1.29 is 4.79 Å². The molecule has 0 atom stereocenters. The van der Waals surface area contributed by atoms with Gasteiger partial charge in [0.05, 0.1) is 12.1 Å². The summed E-state index contributed by atoms with van der Waals surface area (Å²) in [7, 11) is 0. The number of nitrogens with zero attached hydrogens (tertiary/aromatic N) is 2. The van der Waals surface area contributed by atoms with Gasteiger partial charge in [0.25, 0.3) is 0 Å². The number of para-hydroxylation sites is 2. The number of nitrogens with one attached hydrogen (secondary N) is 4. The quantitative estimate of drug-likeness (QED) is 0.214. The van der Waals surface area contributed by atoms with Gasteiger partial charge >= 0.3 is 6.03 Å². The van der Waals surface area contributed by atoms with E-state index in [2.05, 4.69) is 37.7 Å². The van der Waals surface area contributed by atoms with Crippen LogP contribution in [0.4, 0.5) is 33.6 Å². The Kier molecular flexibility index (Phi) is 6.31. The summed E-state index contributed by atoms with van der Waals surface area (Å²) in [6.07, 6.45) is 0. The minimum Gasteiger partial charge on any atom is -0.364 e. The van der Waals surface area contributed by atoms with Crippen LogP contribution in [0.5, 0.6) is 0 Å². The molecule has 0 unspecified atom stereocenters. The molecule has 0 saturated carbocycles. The summed E-state index contributed by atoms with van der Waals surface area (Å²) >= 11 is 1.70. The molecule has 2 amide bonds. The molecule has 4 N–H and O–H groups in total. The Bertz CT molecular complexity index is 1390. The van der Waals surface area contributed by atoms with Crippen molar-refractivity contribution in [1.82, 2.24) is 9.97 Å². The lowest BCUT2D eigenvalue weighted by Gasteiger charge is -2.12. The molecular weight excluding hydrogens is 444 g/mol. The fourth-order valence-electron chi connectivity index (χ4n) is 3.43. The van der Waals surface area contributed by atoms with Crippen molar-refractivity contribution >= 4 is 57.1 Å². The number of urea groups is 1. The summed E-state index contributed by atoms with van der Waals surface area (Å²) in [6.45, 7) is 0.698. The number of amides is 2. The van der Waals surface area contributed by atoms with Crippen molar-refractivity contribution in [2.24, 2.45) is 0 Å². The standard InChI is InChI=1S/C26H22N6OS/c33-26(29-18-7-2-1-3-8-18)30-20-14-12-19(13-15-20)28-25-31-23-11-5-4-10-22(23)24(32-25)27-17-21-9-6-16-34-21/h1-16H,17H2,(H2,29,30,33)(H2,27,28,31,32). The van der Waals surface area contributed by atoms with Gasteiger partial charge in [0.1, 0.15) is 5.82 Å². The van der Waals surface area contributed by atoms with Gasteiger partial charge in [0, 0.05) is 27.3 Å². The second kappa shape index (κ2) is 10.0. The maximum atomic E-state index is 12.2.